The van der Waals surface area contributed by atoms with E-state index in [4.69, 9.17) is 17.2 Å². The van der Waals surface area contributed by atoms with E-state index in [9.17, 15) is 53.4 Å². The number of benzene rings is 1. The summed E-state index contributed by atoms with van der Waals surface area (Å²) >= 11 is 3.94. The number of nitrogens with one attached hydrogen (secondary N) is 7. The minimum Gasteiger partial charge on any atom is -0.481 e. The molecule has 22 nitrogen and oxygen atoms in total. The quantitative estimate of drug-likeness (QED) is 0.0294. The number of thiol groups is 1. The lowest BCUT2D eigenvalue weighted by Crippen LogP contribution is -2.60. The first-order valence-corrected chi connectivity index (χ1v) is 20.6. The van der Waals surface area contributed by atoms with Crippen molar-refractivity contribution in [3.05, 3.63) is 54.1 Å². The number of aliphatic carboxylic acids is 2. The Kier molecular flexibility index (Phi) is 22.7. The fourth-order valence-electron chi connectivity index (χ4n) is 5.99. The van der Waals surface area contributed by atoms with Crippen molar-refractivity contribution < 1.29 is 53.4 Å². The van der Waals surface area contributed by atoms with E-state index in [1.165, 1.54) is 12.5 Å². The molecule has 1 aromatic carbocycles. The van der Waals surface area contributed by atoms with Gasteiger partial charge in [-0.3, -0.25) is 38.4 Å². The molecule has 0 saturated heterocycles. The molecular formula is C39H59N11O11S. The van der Waals surface area contributed by atoms with E-state index < -0.39 is 102 Å². The van der Waals surface area contributed by atoms with E-state index in [-0.39, 0.29) is 56.7 Å². The van der Waals surface area contributed by atoms with Crippen molar-refractivity contribution in [1.29, 1.82) is 0 Å². The summed E-state index contributed by atoms with van der Waals surface area (Å²) in [5.74, 6) is -9.39. The van der Waals surface area contributed by atoms with E-state index in [2.05, 4.69) is 54.5 Å². The van der Waals surface area contributed by atoms with Crippen LogP contribution in [0.5, 0.6) is 0 Å². The van der Waals surface area contributed by atoms with Gasteiger partial charge < -0.3 is 64.3 Å². The molecule has 0 aliphatic heterocycles. The summed E-state index contributed by atoms with van der Waals surface area (Å²) in [6.07, 6.45) is 2.01. The first-order valence-electron chi connectivity index (χ1n) is 20.0. The van der Waals surface area contributed by atoms with Crippen molar-refractivity contribution in [2.45, 2.75) is 114 Å². The second-order valence-electron chi connectivity index (χ2n) is 15.0. The summed E-state index contributed by atoms with van der Waals surface area (Å²) in [7, 11) is 0. The number of amides is 7. The average molecular weight is 890 g/mol. The van der Waals surface area contributed by atoms with Crippen LogP contribution in [-0.4, -0.2) is 128 Å². The molecule has 62 heavy (non-hydrogen) atoms. The number of aromatic amines is 1. The second-order valence-corrected chi connectivity index (χ2v) is 15.3. The number of carbonyl (C=O) groups is 9. The predicted octanol–water partition coefficient (Wildman–Crippen LogP) is -2.64. The third-order valence-electron chi connectivity index (χ3n) is 9.29. The van der Waals surface area contributed by atoms with Crippen molar-refractivity contribution in [1.82, 2.24) is 41.9 Å². The molecule has 0 spiro atoms. The van der Waals surface area contributed by atoms with Crippen LogP contribution in [0.15, 0.2) is 42.9 Å². The Morgan fingerprint density at radius 1 is 0.710 bits per heavy atom. The van der Waals surface area contributed by atoms with E-state index in [1.807, 2.05) is 0 Å². The Balaban J connectivity index is 2.42. The number of hydrogen-bond donors (Lipinski definition) is 13. The maximum atomic E-state index is 14.1. The number of unbranched alkanes of at least 4 members (excludes halogenated alkanes) is 1. The second kappa shape index (κ2) is 27.0. The van der Waals surface area contributed by atoms with Gasteiger partial charge in [0.15, 0.2) is 0 Å². The number of carbonyl (C=O) groups excluding carboxylic acids is 7. The molecule has 0 bridgehead atoms. The Morgan fingerprint density at radius 2 is 1.24 bits per heavy atom. The number of aromatic nitrogens is 2. The molecule has 0 fully saturated rings. The van der Waals surface area contributed by atoms with Crippen LogP contribution < -0.4 is 49.1 Å². The monoisotopic (exact) mass is 889 g/mol. The van der Waals surface area contributed by atoms with Gasteiger partial charge in [-0.2, -0.15) is 12.6 Å². The molecule has 1 heterocycles. The summed E-state index contributed by atoms with van der Waals surface area (Å²) in [4.78, 5) is 123. The Morgan fingerprint density at radius 3 is 1.79 bits per heavy atom. The number of carboxylic acid groups (broad SMARTS) is 2. The van der Waals surface area contributed by atoms with E-state index >= 15 is 0 Å². The largest absolute Gasteiger partial charge is 0.481 e. The maximum Gasteiger partial charge on any atom is 0.327 e. The molecule has 0 aliphatic rings. The molecule has 0 aliphatic carbocycles. The van der Waals surface area contributed by atoms with Crippen LogP contribution in [0.3, 0.4) is 0 Å². The highest BCUT2D eigenvalue weighted by atomic mass is 32.1. The number of imidazole rings is 1. The average Bonchev–Trinajstić information content (AvgIpc) is 3.73. The van der Waals surface area contributed by atoms with Gasteiger partial charge in [-0.05, 0) is 50.1 Å². The number of hydrogen-bond acceptors (Lipinski definition) is 13. The van der Waals surface area contributed by atoms with E-state index in [1.54, 1.807) is 44.2 Å². The minimum absolute atomic E-state index is 0.0119. The van der Waals surface area contributed by atoms with Crippen LogP contribution in [0, 0.1) is 5.92 Å². The SMILES string of the molecule is CC(C)C[C@H](NC(=O)[C@H](CC(=O)O)NC(=O)[C@H](Cc1cnc[nH]1)NC(=O)[C@H](CCCCN)NC(=O)[C@H](Cc1ccccc1)NC(=O)[C@@H](N)CCC(N)=O)C(=O)N[C@@H](CS)C(=O)O. The molecule has 0 saturated carbocycles. The fraction of sp³-hybridized carbons (Fsp3) is 0.538. The van der Waals surface area contributed by atoms with Gasteiger partial charge in [-0.15, -0.1) is 0 Å². The highest BCUT2D eigenvalue weighted by Crippen LogP contribution is 2.11. The van der Waals surface area contributed by atoms with Gasteiger partial charge in [-0.25, -0.2) is 9.78 Å². The van der Waals surface area contributed by atoms with Crippen molar-refractivity contribution in [2.24, 2.45) is 23.1 Å². The van der Waals surface area contributed by atoms with Crippen molar-refractivity contribution in [2.75, 3.05) is 12.3 Å². The molecule has 7 atom stereocenters. The predicted molar refractivity (Wildman–Crippen MR) is 227 cm³/mol. The smallest absolute Gasteiger partial charge is 0.327 e. The zero-order valence-corrected chi connectivity index (χ0v) is 35.5. The Bertz CT molecular complexity index is 1820. The standard InChI is InChI=1S/C39H59N11O11S/c1-21(2)14-26(35(56)50-30(19-62)39(60)61)47-38(59)29(17-32(52)53)49-37(58)28(16-23-18-43-20-44-23)48-34(55)25(10-6-7-13-40)45-36(57)27(15-22-8-4-3-5-9-22)46-33(54)24(41)11-12-31(42)51/h3-5,8-9,18,20-21,24-30,62H,6-7,10-17,19,40-41H2,1-2H3,(H2,42,51)(H,43,44)(H,45,57)(H,46,54)(H,47,59)(H,48,55)(H,49,58)(H,50,56)(H,52,53)(H,60,61)/t24-,25-,26-,27-,28-,29-,30-/m0/s1. The lowest BCUT2D eigenvalue weighted by atomic mass is 10.0. The first-order chi connectivity index (χ1) is 29.3. The highest BCUT2D eigenvalue weighted by molar-refractivity contribution is 7.80. The number of carboxylic acids is 2. The van der Waals surface area contributed by atoms with Crippen molar-refractivity contribution in [3.8, 4) is 0 Å². The van der Waals surface area contributed by atoms with Gasteiger partial charge in [0.05, 0.1) is 18.8 Å². The van der Waals surface area contributed by atoms with Gasteiger partial charge in [0.2, 0.25) is 41.4 Å². The van der Waals surface area contributed by atoms with Gasteiger partial charge in [-0.1, -0.05) is 44.2 Å². The number of nitrogens with two attached hydrogens (primary N) is 3. The van der Waals surface area contributed by atoms with Gasteiger partial charge in [0, 0.05) is 36.9 Å². The first kappa shape index (κ1) is 52.1. The molecule has 1 aromatic heterocycles. The summed E-state index contributed by atoms with van der Waals surface area (Å²) in [5, 5.41) is 34.0. The summed E-state index contributed by atoms with van der Waals surface area (Å²) in [5.41, 5.74) is 17.9. The van der Waals surface area contributed by atoms with Crippen LogP contribution in [0.1, 0.15) is 70.1 Å². The van der Waals surface area contributed by atoms with Crippen LogP contribution in [0.4, 0.5) is 0 Å². The lowest BCUT2D eigenvalue weighted by Gasteiger charge is -2.27. The molecule has 342 valence electrons. The Labute approximate surface area is 363 Å². The van der Waals surface area contributed by atoms with Crippen LogP contribution in [-0.2, 0) is 56.0 Å². The highest BCUT2D eigenvalue weighted by Gasteiger charge is 2.35. The van der Waals surface area contributed by atoms with Crippen LogP contribution >= 0.6 is 12.6 Å². The number of primary amides is 1. The molecule has 0 radical (unpaired) electrons. The zero-order valence-electron chi connectivity index (χ0n) is 34.6. The van der Waals surface area contributed by atoms with Crippen LogP contribution in [0.25, 0.3) is 0 Å². The molecule has 23 heteroatoms. The summed E-state index contributed by atoms with van der Waals surface area (Å²) < 4.78 is 0. The topological polar surface area (TPSA) is 373 Å². The van der Waals surface area contributed by atoms with Crippen LogP contribution in [0.2, 0.25) is 0 Å². The van der Waals surface area contributed by atoms with E-state index in [0.29, 0.717) is 24.1 Å². The molecular weight excluding hydrogens is 831 g/mol. The summed E-state index contributed by atoms with van der Waals surface area (Å²) in [6.45, 7) is 3.72. The third-order valence-corrected chi connectivity index (χ3v) is 9.66. The van der Waals surface area contributed by atoms with Gasteiger partial charge in [0.1, 0.15) is 36.3 Å². The lowest BCUT2D eigenvalue weighted by molar-refractivity contribution is -0.143. The molecule has 15 N–H and O–H groups in total. The minimum atomic E-state index is -1.79. The van der Waals surface area contributed by atoms with Crippen molar-refractivity contribution in [3.63, 3.8) is 0 Å². The molecule has 2 rings (SSSR count). The third kappa shape index (κ3) is 19.1. The molecule has 2 aromatic rings. The molecule has 0 unspecified atom stereocenters. The molecule has 7 amide bonds. The van der Waals surface area contributed by atoms with Crippen molar-refractivity contribution >= 4 is 65.9 Å². The zero-order chi connectivity index (χ0) is 46.4. The van der Waals surface area contributed by atoms with Gasteiger partial charge in [0.25, 0.3) is 0 Å². The number of nitrogens with zero attached hydrogens (tertiary/aromatic N) is 1. The number of H-pyrrole nitrogens is 1. The Hall–Kier alpha value is -6.07. The maximum absolute atomic E-state index is 14.1. The fourth-order valence-corrected chi connectivity index (χ4v) is 6.24. The normalized spacial score (nSPS) is 14.4. The summed E-state index contributed by atoms with van der Waals surface area (Å²) in [6, 6.07) is -1.14. The number of rotatable bonds is 29. The van der Waals surface area contributed by atoms with Gasteiger partial charge >= 0.3 is 11.9 Å². The van der Waals surface area contributed by atoms with E-state index in [0.717, 1.165) is 0 Å².